The number of anilines is 1. The molecule has 10 nitrogen and oxygen atoms in total. The lowest BCUT2D eigenvalue weighted by Crippen LogP contribution is -2.23. The van der Waals surface area contributed by atoms with E-state index in [1.807, 2.05) is 13.2 Å². The molecule has 34 heavy (non-hydrogen) atoms. The second-order valence-electron chi connectivity index (χ2n) is 7.52. The summed E-state index contributed by atoms with van der Waals surface area (Å²) in [5.74, 6) is -0.639. The number of hydrogen-bond donors (Lipinski definition) is 1. The van der Waals surface area contributed by atoms with Crippen LogP contribution in [-0.4, -0.2) is 54.1 Å². The number of nitrogens with zero attached hydrogens (tertiary/aromatic N) is 6. The smallest absolute Gasteiger partial charge is 0.310 e. The zero-order chi connectivity index (χ0) is 24.4. The number of amides is 1. The van der Waals surface area contributed by atoms with Crippen LogP contribution in [0.4, 0.5) is 10.2 Å². The first kappa shape index (κ1) is 23.4. The number of hydrogen-bond acceptors (Lipinski definition) is 8. The number of fused-ring (bicyclic) bond motifs is 1. The zero-order valence-electron chi connectivity index (χ0n) is 19.0. The maximum Gasteiger partial charge on any atom is 0.310 e. The van der Waals surface area contributed by atoms with Crippen molar-refractivity contribution >= 4 is 35.2 Å². The molecular weight excluding hydrogens is 461 g/mol. The second-order valence-corrected chi connectivity index (χ2v) is 8.29. The molecule has 12 heteroatoms. The van der Waals surface area contributed by atoms with Crippen molar-refractivity contribution in [3.8, 4) is 5.69 Å². The Balaban J connectivity index is 1.41. The molecule has 0 saturated heterocycles. The van der Waals surface area contributed by atoms with Gasteiger partial charge in [0.2, 0.25) is 5.16 Å². The lowest BCUT2D eigenvalue weighted by molar-refractivity contribution is -0.146. The number of aromatic nitrogens is 6. The van der Waals surface area contributed by atoms with Crippen molar-refractivity contribution in [3.05, 3.63) is 58.8 Å². The van der Waals surface area contributed by atoms with Crippen LogP contribution in [-0.2, 0) is 20.7 Å². The van der Waals surface area contributed by atoms with E-state index in [-0.39, 0.29) is 12.2 Å². The number of carbonyl (C=O) groups is 2. The molecule has 0 fully saturated rings. The van der Waals surface area contributed by atoms with Crippen LogP contribution in [0.15, 0.2) is 35.5 Å². The third-order valence-electron chi connectivity index (χ3n) is 5.07. The summed E-state index contributed by atoms with van der Waals surface area (Å²) in [4.78, 5) is 33.6. The van der Waals surface area contributed by atoms with Crippen LogP contribution in [0.2, 0.25) is 0 Å². The highest BCUT2D eigenvalue weighted by molar-refractivity contribution is 7.98. The minimum Gasteiger partial charge on any atom is -0.455 e. The fourth-order valence-electron chi connectivity index (χ4n) is 3.42. The summed E-state index contributed by atoms with van der Waals surface area (Å²) in [5, 5.41) is 11.9. The quantitative estimate of drug-likeness (QED) is 0.315. The van der Waals surface area contributed by atoms with E-state index in [2.05, 4.69) is 25.5 Å². The lowest BCUT2D eigenvalue weighted by atomic mass is 10.1. The van der Waals surface area contributed by atoms with Gasteiger partial charge in [0.15, 0.2) is 6.61 Å². The maximum atomic E-state index is 13.2. The molecule has 0 saturated carbocycles. The van der Waals surface area contributed by atoms with E-state index >= 15 is 0 Å². The van der Waals surface area contributed by atoms with Gasteiger partial charge in [-0.2, -0.15) is 10.1 Å². The predicted molar refractivity (Wildman–Crippen MR) is 124 cm³/mol. The van der Waals surface area contributed by atoms with Gasteiger partial charge in [-0.1, -0.05) is 11.8 Å². The van der Waals surface area contributed by atoms with Crippen LogP contribution in [0.5, 0.6) is 0 Å². The van der Waals surface area contributed by atoms with Gasteiger partial charge in [-0.25, -0.2) is 18.6 Å². The van der Waals surface area contributed by atoms with Gasteiger partial charge in [0.1, 0.15) is 11.6 Å². The van der Waals surface area contributed by atoms with Crippen molar-refractivity contribution in [2.24, 2.45) is 0 Å². The topological polar surface area (TPSA) is 116 Å². The molecule has 1 N–H and O–H groups in total. The summed E-state index contributed by atoms with van der Waals surface area (Å²) in [5.41, 5.74) is 3.28. The van der Waals surface area contributed by atoms with Crippen LogP contribution in [0, 0.1) is 26.6 Å². The molecule has 3 heterocycles. The number of aryl methyl sites for hydroxylation is 3. The van der Waals surface area contributed by atoms with Gasteiger partial charge in [-0.3, -0.25) is 9.59 Å². The third kappa shape index (κ3) is 4.91. The van der Waals surface area contributed by atoms with Crippen LogP contribution in [0.3, 0.4) is 0 Å². The van der Waals surface area contributed by atoms with E-state index in [0.717, 1.165) is 5.69 Å². The summed E-state index contributed by atoms with van der Waals surface area (Å²) in [6.07, 6.45) is 1.81. The Labute approximate surface area is 198 Å². The third-order valence-corrected chi connectivity index (χ3v) is 5.61. The average molecular weight is 484 g/mol. The minimum atomic E-state index is -0.573. The van der Waals surface area contributed by atoms with Crippen LogP contribution in [0.25, 0.3) is 11.5 Å². The highest BCUT2D eigenvalue weighted by atomic mass is 32.2. The second kappa shape index (κ2) is 9.59. The van der Waals surface area contributed by atoms with E-state index < -0.39 is 18.5 Å². The molecule has 1 amide bonds. The van der Waals surface area contributed by atoms with Crippen molar-refractivity contribution in [3.63, 3.8) is 0 Å². The maximum absolute atomic E-state index is 13.2. The van der Waals surface area contributed by atoms with Crippen molar-refractivity contribution in [2.75, 3.05) is 18.2 Å². The van der Waals surface area contributed by atoms with Crippen LogP contribution >= 0.6 is 11.8 Å². The summed E-state index contributed by atoms with van der Waals surface area (Å²) < 4.78 is 21.5. The number of nitrogens with one attached hydrogen (secondary N) is 1. The van der Waals surface area contributed by atoms with E-state index in [9.17, 15) is 14.0 Å². The molecule has 4 aromatic rings. The average Bonchev–Trinajstić information content (AvgIpc) is 3.38. The SMILES string of the molecule is CSc1nc2nc(C)c(CC(=O)OCC(=O)Nc3cc(C)nn3-c3ccc(F)cc3)c(C)n2n1. The normalized spacial score (nSPS) is 11.1. The Morgan fingerprint density at radius 3 is 2.56 bits per heavy atom. The molecule has 3 aromatic heterocycles. The number of halogens is 1. The molecule has 0 aliphatic heterocycles. The Morgan fingerprint density at radius 1 is 1.12 bits per heavy atom. The Hall–Kier alpha value is -3.80. The molecule has 0 aliphatic carbocycles. The molecule has 1 aromatic carbocycles. The Kier molecular flexibility index (Phi) is 6.59. The van der Waals surface area contributed by atoms with Crippen molar-refractivity contribution in [1.29, 1.82) is 0 Å². The van der Waals surface area contributed by atoms with Gasteiger partial charge in [-0.05, 0) is 51.3 Å². The highest BCUT2D eigenvalue weighted by Gasteiger charge is 2.18. The van der Waals surface area contributed by atoms with Crippen LogP contribution in [0.1, 0.15) is 22.6 Å². The van der Waals surface area contributed by atoms with Gasteiger partial charge >= 0.3 is 5.97 Å². The number of ether oxygens (including phenoxy) is 1. The van der Waals surface area contributed by atoms with Crippen molar-refractivity contribution in [2.45, 2.75) is 32.3 Å². The molecule has 0 aliphatic rings. The molecule has 0 spiro atoms. The number of thioether (sulfide) groups is 1. The number of carbonyl (C=O) groups excluding carboxylic acids is 2. The van der Waals surface area contributed by atoms with E-state index in [1.165, 1.54) is 28.6 Å². The van der Waals surface area contributed by atoms with Crippen molar-refractivity contribution < 1.29 is 18.7 Å². The molecular formula is C22H22FN7O3S. The summed E-state index contributed by atoms with van der Waals surface area (Å²) in [6, 6.07) is 7.36. The predicted octanol–water partition coefficient (Wildman–Crippen LogP) is 2.82. The van der Waals surface area contributed by atoms with Gasteiger partial charge in [0.25, 0.3) is 11.7 Å². The molecule has 0 unspecified atom stereocenters. The van der Waals surface area contributed by atoms with Gasteiger partial charge < -0.3 is 10.1 Å². The van der Waals surface area contributed by atoms with E-state index in [0.29, 0.717) is 39.4 Å². The minimum absolute atomic E-state index is 0.0605. The monoisotopic (exact) mass is 483 g/mol. The molecule has 0 radical (unpaired) electrons. The van der Waals surface area contributed by atoms with Crippen LogP contribution < -0.4 is 5.32 Å². The largest absolute Gasteiger partial charge is 0.455 e. The molecule has 4 rings (SSSR count). The first-order chi connectivity index (χ1) is 16.2. The van der Waals surface area contributed by atoms with Crippen molar-refractivity contribution in [1.82, 2.24) is 29.4 Å². The lowest BCUT2D eigenvalue weighted by Gasteiger charge is -2.11. The van der Waals surface area contributed by atoms with E-state index in [4.69, 9.17) is 4.74 Å². The summed E-state index contributed by atoms with van der Waals surface area (Å²) in [6.45, 7) is 4.91. The fourth-order valence-corrected chi connectivity index (χ4v) is 3.76. The Morgan fingerprint density at radius 2 is 1.85 bits per heavy atom. The number of benzene rings is 1. The number of esters is 1. The molecule has 0 atom stereocenters. The van der Waals surface area contributed by atoms with Gasteiger partial charge in [-0.15, -0.1) is 5.10 Å². The van der Waals surface area contributed by atoms with E-state index in [1.54, 1.807) is 36.6 Å². The molecule has 176 valence electrons. The molecule has 0 bridgehead atoms. The number of rotatable bonds is 7. The summed E-state index contributed by atoms with van der Waals surface area (Å²) >= 11 is 1.40. The first-order valence-electron chi connectivity index (χ1n) is 10.3. The summed E-state index contributed by atoms with van der Waals surface area (Å²) in [7, 11) is 0. The zero-order valence-corrected chi connectivity index (χ0v) is 19.8. The van der Waals surface area contributed by atoms with Gasteiger partial charge in [0, 0.05) is 23.0 Å². The first-order valence-corrected chi connectivity index (χ1v) is 11.5. The Bertz CT molecular complexity index is 1380. The standard InChI is InChI=1S/C22H22FN7O3S/c1-12-9-18(30(27-12)16-7-5-15(23)6-8-16)25-19(31)11-33-20(32)10-17-13(2)24-21-26-22(34-4)28-29(21)14(17)3/h5-9H,10-11H2,1-4H3,(H,25,31). The fraction of sp³-hybridized carbons (Fsp3) is 0.273. The van der Waals surface area contributed by atoms with Gasteiger partial charge in [0.05, 0.1) is 17.8 Å². The highest BCUT2D eigenvalue weighted by Crippen LogP contribution is 2.19.